The van der Waals surface area contributed by atoms with Gasteiger partial charge in [0.15, 0.2) is 0 Å². The van der Waals surface area contributed by atoms with E-state index in [0.717, 1.165) is 22.2 Å². The molecule has 0 spiro atoms. The summed E-state index contributed by atoms with van der Waals surface area (Å²) in [6, 6.07) is 13.6. The van der Waals surface area contributed by atoms with E-state index in [-0.39, 0.29) is 6.03 Å². The van der Waals surface area contributed by atoms with Gasteiger partial charge in [0.25, 0.3) is 0 Å². The van der Waals surface area contributed by atoms with E-state index in [2.05, 4.69) is 20.6 Å². The minimum absolute atomic E-state index is 0.189. The van der Waals surface area contributed by atoms with Gasteiger partial charge in [-0.05, 0) is 35.2 Å². The van der Waals surface area contributed by atoms with Crippen molar-refractivity contribution >= 4 is 16.9 Å². The summed E-state index contributed by atoms with van der Waals surface area (Å²) in [5.74, 6) is 0. The Hall–Kier alpha value is -2.82. The number of benzene rings is 1. The van der Waals surface area contributed by atoms with Crippen molar-refractivity contribution in [3.05, 3.63) is 66.1 Å². The van der Waals surface area contributed by atoms with Gasteiger partial charge in [-0.25, -0.2) is 4.79 Å². The monoisotopic (exact) mass is 280 g/mol. The van der Waals surface area contributed by atoms with E-state index in [1.807, 2.05) is 42.5 Å². The highest BCUT2D eigenvalue weighted by Gasteiger charge is 2.03. The summed E-state index contributed by atoms with van der Waals surface area (Å²) in [6.07, 6.45) is 3.42. The van der Waals surface area contributed by atoms with Gasteiger partial charge >= 0.3 is 6.03 Å². The number of nitrogens with one attached hydrogen (secondary N) is 3. The minimum atomic E-state index is -0.189. The van der Waals surface area contributed by atoms with Crippen molar-refractivity contribution in [3.63, 3.8) is 0 Å². The number of urea groups is 1. The third-order valence-electron chi connectivity index (χ3n) is 3.23. The molecule has 0 saturated carbocycles. The first kappa shape index (κ1) is 13.2. The van der Waals surface area contributed by atoms with Gasteiger partial charge in [-0.15, -0.1) is 0 Å². The van der Waals surface area contributed by atoms with E-state index in [4.69, 9.17) is 0 Å². The Balaban J connectivity index is 1.51. The van der Waals surface area contributed by atoms with Crippen molar-refractivity contribution in [3.8, 4) is 0 Å². The molecule has 21 heavy (non-hydrogen) atoms. The molecule has 5 nitrogen and oxygen atoms in total. The Morgan fingerprint density at radius 2 is 1.81 bits per heavy atom. The fraction of sp³-hybridized carbons (Fsp3) is 0.125. The Morgan fingerprint density at radius 1 is 1.05 bits per heavy atom. The Morgan fingerprint density at radius 3 is 2.62 bits per heavy atom. The van der Waals surface area contributed by atoms with Gasteiger partial charge in [-0.2, -0.15) is 0 Å². The van der Waals surface area contributed by atoms with Gasteiger partial charge in [-0.3, -0.25) is 4.98 Å². The SMILES string of the molecule is O=C(NCc1ccncc1)NCc1cc2ccccc2[nH]1. The number of carbonyl (C=O) groups is 1. The molecule has 0 aliphatic heterocycles. The third-order valence-corrected chi connectivity index (χ3v) is 3.23. The number of aromatic nitrogens is 2. The minimum Gasteiger partial charge on any atom is -0.357 e. The lowest BCUT2D eigenvalue weighted by atomic mass is 10.2. The molecule has 3 aromatic rings. The highest BCUT2D eigenvalue weighted by atomic mass is 16.2. The second-order valence-corrected chi connectivity index (χ2v) is 4.77. The number of rotatable bonds is 4. The lowest BCUT2D eigenvalue weighted by Gasteiger charge is -2.06. The molecule has 3 N–H and O–H groups in total. The van der Waals surface area contributed by atoms with Crippen LogP contribution < -0.4 is 10.6 Å². The van der Waals surface area contributed by atoms with Crippen LogP contribution in [0.5, 0.6) is 0 Å². The van der Waals surface area contributed by atoms with Gasteiger partial charge in [0.2, 0.25) is 0 Å². The molecule has 5 heteroatoms. The molecule has 0 radical (unpaired) electrons. The predicted octanol–water partition coefficient (Wildman–Crippen LogP) is 2.56. The zero-order chi connectivity index (χ0) is 14.5. The van der Waals surface area contributed by atoms with Gasteiger partial charge in [0, 0.05) is 30.1 Å². The molecule has 0 fully saturated rings. The molecule has 0 unspecified atom stereocenters. The quantitative estimate of drug-likeness (QED) is 0.687. The molecule has 1 aromatic carbocycles. The van der Waals surface area contributed by atoms with Crippen molar-refractivity contribution in [1.29, 1.82) is 0 Å². The van der Waals surface area contributed by atoms with Crippen LogP contribution in [0.4, 0.5) is 4.79 Å². The number of nitrogens with zero attached hydrogens (tertiary/aromatic N) is 1. The molecule has 0 saturated heterocycles. The molecule has 3 rings (SSSR count). The summed E-state index contributed by atoms with van der Waals surface area (Å²) in [5, 5.41) is 6.79. The maximum Gasteiger partial charge on any atom is 0.315 e. The number of hydrogen-bond donors (Lipinski definition) is 3. The number of aromatic amines is 1. The number of para-hydroxylation sites is 1. The standard InChI is InChI=1S/C16H16N4O/c21-16(18-10-12-5-7-17-8-6-12)19-11-14-9-13-3-1-2-4-15(13)20-14/h1-9,20H,10-11H2,(H2,18,19,21). The molecular weight excluding hydrogens is 264 g/mol. The van der Waals surface area contributed by atoms with Crippen LogP contribution >= 0.6 is 0 Å². The first-order valence-electron chi connectivity index (χ1n) is 6.78. The average molecular weight is 280 g/mol. The predicted molar refractivity (Wildman–Crippen MR) is 81.6 cm³/mol. The molecule has 0 bridgehead atoms. The Kier molecular flexibility index (Phi) is 3.82. The number of amides is 2. The number of pyridine rings is 1. The average Bonchev–Trinajstić information content (AvgIpc) is 2.95. The molecular formula is C16H16N4O. The van der Waals surface area contributed by atoms with Crippen molar-refractivity contribution in [2.45, 2.75) is 13.1 Å². The summed E-state index contributed by atoms with van der Waals surface area (Å²) in [7, 11) is 0. The van der Waals surface area contributed by atoms with Crippen LogP contribution in [0.3, 0.4) is 0 Å². The maximum atomic E-state index is 11.8. The molecule has 2 heterocycles. The van der Waals surface area contributed by atoms with Gasteiger partial charge in [0.1, 0.15) is 0 Å². The summed E-state index contributed by atoms with van der Waals surface area (Å²) < 4.78 is 0. The highest BCUT2D eigenvalue weighted by molar-refractivity contribution is 5.80. The smallest absolute Gasteiger partial charge is 0.315 e. The van der Waals surface area contributed by atoms with E-state index in [1.165, 1.54) is 0 Å². The number of H-pyrrole nitrogens is 1. The third kappa shape index (κ3) is 3.39. The first-order chi connectivity index (χ1) is 10.3. The number of hydrogen-bond acceptors (Lipinski definition) is 2. The van der Waals surface area contributed by atoms with Crippen LogP contribution in [0.1, 0.15) is 11.3 Å². The molecule has 0 atom stereocenters. The second-order valence-electron chi connectivity index (χ2n) is 4.77. The molecule has 0 aliphatic rings. The first-order valence-corrected chi connectivity index (χ1v) is 6.78. The lowest BCUT2D eigenvalue weighted by molar-refractivity contribution is 0.240. The fourth-order valence-corrected chi connectivity index (χ4v) is 2.15. The van der Waals surface area contributed by atoms with Crippen LogP contribution in [0, 0.1) is 0 Å². The van der Waals surface area contributed by atoms with E-state index >= 15 is 0 Å². The molecule has 0 aliphatic carbocycles. The number of fused-ring (bicyclic) bond motifs is 1. The van der Waals surface area contributed by atoms with E-state index in [9.17, 15) is 4.79 Å². The summed E-state index contributed by atoms with van der Waals surface area (Å²) in [4.78, 5) is 19.0. The largest absolute Gasteiger partial charge is 0.357 e. The van der Waals surface area contributed by atoms with Crippen molar-refractivity contribution in [2.75, 3.05) is 0 Å². The molecule has 106 valence electrons. The Labute approximate surface area is 122 Å². The summed E-state index contributed by atoms with van der Waals surface area (Å²) in [5.41, 5.74) is 3.08. The van der Waals surface area contributed by atoms with Crippen LogP contribution in [0.2, 0.25) is 0 Å². The normalized spacial score (nSPS) is 10.5. The van der Waals surface area contributed by atoms with E-state index in [1.54, 1.807) is 12.4 Å². The van der Waals surface area contributed by atoms with Gasteiger partial charge < -0.3 is 15.6 Å². The van der Waals surface area contributed by atoms with E-state index < -0.39 is 0 Å². The molecule has 2 aromatic heterocycles. The highest BCUT2D eigenvalue weighted by Crippen LogP contribution is 2.14. The van der Waals surface area contributed by atoms with Crippen molar-refractivity contribution in [2.24, 2.45) is 0 Å². The second kappa shape index (κ2) is 6.09. The lowest BCUT2D eigenvalue weighted by Crippen LogP contribution is -2.34. The summed E-state index contributed by atoms with van der Waals surface area (Å²) >= 11 is 0. The zero-order valence-electron chi connectivity index (χ0n) is 11.5. The fourth-order valence-electron chi connectivity index (χ4n) is 2.15. The molecule has 2 amide bonds. The zero-order valence-corrected chi connectivity index (χ0v) is 11.5. The maximum absolute atomic E-state index is 11.8. The van der Waals surface area contributed by atoms with Crippen molar-refractivity contribution in [1.82, 2.24) is 20.6 Å². The summed E-state index contributed by atoms with van der Waals surface area (Å²) in [6.45, 7) is 0.956. The number of carbonyl (C=O) groups excluding carboxylic acids is 1. The van der Waals surface area contributed by atoms with E-state index in [0.29, 0.717) is 13.1 Å². The topological polar surface area (TPSA) is 69.8 Å². The van der Waals surface area contributed by atoms with Crippen LogP contribution in [0.25, 0.3) is 10.9 Å². The van der Waals surface area contributed by atoms with Crippen molar-refractivity contribution < 1.29 is 4.79 Å². The van der Waals surface area contributed by atoms with Crippen LogP contribution in [0.15, 0.2) is 54.9 Å². The van der Waals surface area contributed by atoms with Gasteiger partial charge in [-0.1, -0.05) is 18.2 Å². The van der Waals surface area contributed by atoms with Crippen LogP contribution in [-0.2, 0) is 13.1 Å². The Bertz CT molecular complexity index is 703. The van der Waals surface area contributed by atoms with Gasteiger partial charge in [0.05, 0.1) is 6.54 Å². The van der Waals surface area contributed by atoms with Crippen LogP contribution in [-0.4, -0.2) is 16.0 Å².